The average molecular weight is 377 g/mol. The molecule has 2 N–H and O–H groups in total. The van der Waals surface area contributed by atoms with Gasteiger partial charge < -0.3 is 5.32 Å². The molecule has 2 heterocycles. The number of amides is 1. The number of benzene rings is 2. The minimum atomic E-state index is -0.185. The van der Waals surface area contributed by atoms with Crippen LogP contribution in [0.1, 0.15) is 27.2 Å². The summed E-state index contributed by atoms with van der Waals surface area (Å²) in [4.78, 5) is 16.7. The quantitative estimate of drug-likeness (QED) is 0.550. The summed E-state index contributed by atoms with van der Waals surface area (Å²) in [6, 6.07) is 17.5. The second-order valence-corrected chi connectivity index (χ2v) is 6.72. The third-order valence-corrected chi connectivity index (χ3v) is 4.56. The highest BCUT2D eigenvalue weighted by Crippen LogP contribution is 2.20. The van der Waals surface area contributed by atoms with Gasteiger partial charge in [-0.1, -0.05) is 41.9 Å². The Balaban J connectivity index is 1.46. The van der Waals surface area contributed by atoms with E-state index in [9.17, 15) is 4.79 Å². The van der Waals surface area contributed by atoms with Crippen molar-refractivity contribution in [3.8, 4) is 0 Å². The molecule has 0 saturated carbocycles. The zero-order valence-corrected chi connectivity index (χ0v) is 15.2. The van der Waals surface area contributed by atoms with Crippen molar-refractivity contribution in [2.24, 2.45) is 0 Å². The predicted octanol–water partition coefficient (Wildman–Crippen LogP) is 4.13. The number of rotatable bonds is 5. The maximum absolute atomic E-state index is 12.5. The minimum Gasteiger partial charge on any atom is -0.346 e. The third-order valence-electron chi connectivity index (χ3n) is 4.33. The summed E-state index contributed by atoms with van der Waals surface area (Å²) in [7, 11) is 0. The molecule has 0 bridgehead atoms. The van der Waals surface area contributed by atoms with Crippen LogP contribution < -0.4 is 5.32 Å². The smallest absolute Gasteiger partial charge is 0.253 e. The second kappa shape index (κ2) is 7.60. The summed E-state index contributed by atoms with van der Waals surface area (Å²) in [5.74, 6) is -0.185. The van der Waals surface area contributed by atoms with E-state index in [1.807, 2.05) is 36.4 Å². The number of nitrogens with one attached hydrogen (secondary N) is 2. The molecule has 0 radical (unpaired) electrons. The van der Waals surface area contributed by atoms with Gasteiger partial charge in [-0.05, 0) is 41.8 Å². The van der Waals surface area contributed by atoms with Crippen molar-refractivity contribution in [2.45, 2.75) is 13.0 Å². The van der Waals surface area contributed by atoms with Crippen LogP contribution in [0.5, 0.6) is 0 Å². The van der Waals surface area contributed by atoms with Crippen LogP contribution in [0, 0.1) is 0 Å². The van der Waals surface area contributed by atoms with Crippen LogP contribution >= 0.6 is 11.6 Å². The zero-order chi connectivity index (χ0) is 18.6. The lowest BCUT2D eigenvalue weighted by atomic mass is 10.1. The molecule has 0 unspecified atom stereocenters. The molecule has 0 aliphatic rings. The van der Waals surface area contributed by atoms with Crippen molar-refractivity contribution in [1.29, 1.82) is 0 Å². The van der Waals surface area contributed by atoms with E-state index in [4.69, 9.17) is 11.6 Å². The monoisotopic (exact) mass is 376 g/mol. The van der Waals surface area contributed by atoms with Crippen molar-refractivity contribution >= 4 is 28.4 Å². The summed E-state index contributed by atoms with van der Waals surface area (Å²) >= 11 is 6.05. The van der Waals surface area contributed by atoms with Gasteiger partial charge in [0.25, 0.3) is 5.91 Å². The normalized spacial score (nSPS) is 10.9. The van der Waals surface area contributed by atoms with Crippen molar-refractivity contribution < 1.29 is 4.79 Å². The fourth-order valence-electron chi connectivity index (χ4n) is 2.98. The van der Waals surface area contributed by atoms with Gasteiger partial charge in [0, 0.05) is 22.8 Å². The highest BCUT2D eigenvalue weighted by atomic mass is 35.5. The second-order valence-electron chi connectivity index (χ2n) is 6.29. The maximum atomic E-state index is 12.5. The van der Waals surface area contributed by atoms with Crippen LogP contribution in [0.3, 0.4) is 0 Å². The van der Waals surface area contributed by atoms with Gasteiger partial charge >= 0.3 is 0 Å². The Labute approximate surface area is 161 Å². The van der Waals surface area contributed by atoms with E-state index in [1.165, 1.54) is 5.56 Å². The van der Waals surface area contributed by atoms with Crippen LogP contribution in [0.15, 0.2) is 67.0 Å². The number of H-pyrrole nitrogens is 1. The SMILES string of the molecule is O=C(NCc1n[nH]c2ccc(Cl)cc12)c1cncc(Cc2ccccc2)c1. The van der Waals surface area contributed by atoms with Gasteiger partial charge in [0.2, 0.25) is 0 Å². The van der Waals surface area contributed by atoms with Crippen LogP contribution in [-0.2, 0) is 13.0 Å². The van der Waals surface area contributed by atoms with E-state index in [2.05, 4.69) is 32.6 Å². The fourth-order valence-corrected chi connectivity index (χ4v) is 3.15. The maximum Gasteiger partial charge on any atom is 0.253 e. The predicted molar refractivity (Wildman–Crippen MR) is 106 cm³/mol. The molecule has 2 aromatic carbocycles. The lowest BCUT2D eigenvalue weighted by Crippen LogP contribution is -2.23. The van der Waals surface area contributed by atoms with E-state index in [0.29, 0.717) is 17.1 Å². The lowest BCUT2D eigenvalue weighted by molar-refractivity contribution is 0.0950. The van der Waals surface area contributed by atoms with E-state index in [1.54, 1.807) is 18.5 Å². The molecule has 1 amide bonds. The highest BCUT2D eigenvalue weighted by Gasteiger charge is 2.11. The fraction of sp³-hybridized carbons (Fsp3) is 0.0952. The Morgan fingerprint density at radius 2 is 1.89 bits per heavy atom. The molecule has 0 atom stereocenters. The molecule has 0 fully saturated rings. The number of hydrogen-bond donors (Lipinski definition) is 2. The lowest BCUT2D eigenvalue weighted by Gasteiger charge is -2.06. The minimum absolute atomic E-state index is 0.185. The standard InChI is InChI=1S/C21H17ClN4O/c22-17-6-7-19-18(10-17)20(26-25-19)13-24-21(27)16-9-15(11-23-12-16)8-14-4-2-1-3-5-14/h1-7,9-12H,8,13H2,(H,24,27)(H,25,26). The molecule has 5 nitrogen and oxygen atoms in total. The molecular weight excluding hydrogens is 360 g/mol. The highest BCUT2D eigenvalue weighted by molar-refractivity contribution is 6.31. The van der Waals surface area contributed by atoms with E-state index >= 15 is 0 Å². The van der Waals surface area contributed by atoms with Gasteiger partial charge in [0.15, 0.2) is 0 Å². The van der Waals surface area contributed by atoms with Gasteiger partial charge in [-0.15, -0.1) is 0 Å². The molecule has 0 saturated heterocycles. The van der Waals surface area contributed by atoms with Crippen molar-refractivity contribution in [1.82, 2.24) is 20.5 Å². The van der Waals surface area contributed by atoms with Crippen LogP contribution in [0.4, 0.5) is 0 Å². The van der Waals surface area contributed by atoms with E-state index in [0.717, 1.165) is 28.6 Å². The Morgan fingerprint density at radius 3 is 2.74 bits per heavy atom. The molecule has 27 heavy (non-hydrogen) atoms. The first-order valence-corrected chi connectivity index (χ1v) is 8.95. The molecule has 6 heteroatoms. The van der Waals surface area contributed by atoms with Gasteiger partial charge in [-0.25, -0.2) is 0 Å². The van der Waals surface area contributed by atoms with Crippen LogP contribution in [0.2, 0.25) is 5.02 Å². The summed E-state index contributed by atoms with van der Waals surface area (Å²) in [6.45, 7) is 0.308. The van der Waals surface area contributed by atoms with Gasteiger partial charge in [-0.2, -0.15) is 5.10 Å². The van der Waals surface area contributed by atoms with Gasteiger partial charge in [0.1, 0.15) is 0 Å². The molecule has 0 aliphatic carbocycles. The molecule has 0 spiro atoms. The first-order chi connectivity index (χ1) is 13.2. The number of aromatic amines is 1. The number of hydrogen-bond acceptors (Lipinski definition) is 3. The molecular formula is C21H17ClN4O. The number of carbonyl (C=O) groups excluding carboxylic acids is 1. The van der Waals surface area contributed by atoms with E-state index in [-0.39, 0.29) is 5.91 Å². The number of halogens is 1. The first-order valence-electron chi connectivity index (χ1n) is 8.57. The topological polar surface area (TPSA) is 70.7 Å². The first kappa shape index (κ1) is 17.2. The number of pyridine rings is 1. The number of fused-ring (bicyclic) bond motifs is 1. The number of carbonyl (C=O) groups is 1. The Morgan fingerprint density at radius 1 is 1.04 bits per heavy atom. The molecule has 134 valence electrons. The Hall–Kier alpha value is -3.18. The largest absolute Gasteiger partial charge is 0.346 e. The average Bonchev–Trinajstić information content (AvgIpc) is 3.09. The van der Waals surface area contributed by atoms with Crippen molar-refractivity contribution in [3.05, 3.63) is 94.4 Å². The van der Waals surface area contributed by atoms with Crippen molar-refractivity contribution in [3.63, 3.8) is 0 Å². The molecule has 4 rings (SSSR count). The Kier molecular flexibility index (Phi) is 4.85. The van der Waals surface area contributed by atoms with Crippen LogP contribution in [0.25, 0.3) is 10.9 Å². The molecule has 4 aromatic rings. The van der Waals surface area contributed by atoms with E-state index < -0.39 is 0 Å². The van der Waals surface area contributed by atoms with Crippen molar-refractivity contribution in [2.75, 3.05) is 0 Å². The summed E-state index contributed by atoms with van der Waals surface area (Å²) in [6.07, 6.45) is 4.09. The van der Waals surface area contributed by atoms with Gasteiger partial charge in [-0.3, -0.25) is 14.9 Å². The summed E-state index contributed by atoms with van der Waals surface area (Å²) in [5, 5.41) is 11.6. The van der Waals surface area contributed by atoms with Crippen LogP contribution in [-0.4, -0.2) is 21.1 Å². The number of aromatic nitrogens is 3. The Bertz CT molecular complexity index is 1090. The molecule has 0 aliphatic heterocycles. The molecule has 2 aromatic heterocycles. The zero-order valence-electron chi connectivity index (χ0n) is 14.4. The van der Waals surface area contributed by atoms with Gasteiger partial charge in [0.05, 0.1) is 23.3 Å². The third kappa shape index (κ3) is 3.99. The number of nitrogens with zero attached hydrogens (tertiary/aromatic N) is 2. The summed E-state index contributed by atoms with van der Waals surface area (Å²) < 4.78 is 0. The summed E-state index contributed by atoms with van der Waals surface area (Å²) in [5.41, 5.74) is 4.33.